The van der Waals surface area contributed by atoms with Crippen molar-refractivity contribution < 1.29 is 0 Å². The monoisotopic (exact) mass is 321 g/mol. The second-order valence-electron chi connectivity index (χ2n) is 6.84. The van der Waals surface area contributed by atoms with Gasteiger partial charge in [-0.15, -0.1) is 0 Å². The van der Waals surface area contributed by atoms with E-state index in [1.54, 1.807) is 0 Å². The van der Waals surface area contributed by atoms with Gasteiger partial charge in [0.2, 0.25) is 0 Å². The summed E-state index contributed by atoms with van der Waals surface area (Å²) >= 11 is 0. The molecule has 0 aliphatic heterocycles. The zero-order valence-electron chi connectivity index (χ0n) is 15.0. The number of nitrogens with one attached hydrogen (secondary N) is 1. The summed E-state index contributed by atoms with van der Waals surface area (Å²) in [6.45, 7) is 5.35. The van der Waals surface area contributed by atoms with Crippen LogP contribution >= 0.6 is 0 Å². The molecule has 126 valence electrons. The molecule has 0 aliphatic rings. The maximum atomic E-state index is 4.69. The fourth-order valence-electron chi connectivity index (χ4n) is 2.66. The van der Waals surface area contributed by atoms with Crippen LogP contribution in [-0.2, 0) is 0 Å². The minimum Gasteiger partial charge on any atom is -0.308 e. The summed E-state index contributed by atoms with van der Waals surface area (Å²) in [5.74, 6) is 0. The standard InChI is InChI=1S/C21H27N3/c1-21(2,17-24(3)4)20(16-15-18-11-7-5-8-12-18)23-22-19-13-9-6-10-14-19/h5-16,22H,17H2,1-4H3/b16-15-,23-20-. The van der Waals surface area contributed by atoms with Gasteiger partial charge in [-0.05, 0) is 37.9 Å². The first-order valence-electron chi connectivity index (χ1n) is 8.24. The second kappa shape index (κ2) is 8.46. The van der Waals surface area contributed by atoms with Crippen molar-refractivity contribution in [3.63, 3.8) is 0 Å². The lowest BCUT2D eigenvalue weighted by Gasteiger charge is -2.28. The van der Waals surface area contributed by atoms with Gasteiger partial charge in [-0.1, -0.05) is 68.5 Å². The Labute approximate surface area is 145 Å². The summed E-state index contributed by atoms with van der Waals surface area (Å²) in [5, 5.41) is 4.69. The van der Waals surface area contributed by atoms with Gasteiger partial charge in [0.25, 0.3) is 0 Å². The Hall–Kier alpha value is -2.39. The Morgan fingerprint density at radius 2 is 1.58 bits per heavy atom. The number of allylic oxidation sites excluding steroid dienone is 1. The summed E-state index contributed by atoms with van der Waals surface area (Å²) in [4.78, 5) is 2.19. The third-order valence-electron chi connectivity index (χ3n) is 3.72. The van der Waals surface area contributed by atoms with Gasteiger partial charge in [-0.3, -0.25) is 5.43 Å². The molecule has 0 spiro atoms. The Morgan fingerprint density at radius 1 is 1.00 bits per heavy atom. The van der Waals surface area contributed by atoms with Gasteiger partial charge in [-0.2, -0.15) is 5.10 Å². The molecule has 0 aromatic heterocycles. The van der Waals surface area contributed by atoms with E-state index >= 15 is 0 Å². The topological polar surface area (TPSA) is 27.6 Å². The Balaban J connectivity index is 2.25. The van der Waals surface area contributed by atoms with Gasteiger partial charge in [0.15, 0.2) is 0 Å². The number of hydrogen-bond acceptors (Lipinski definition) is 3. The Kier molecular flexibility index (Phi) is 6.33. The lowest BCUT2D eigenvalue weighted by Crippen LogP contribution is -2.35. The predicted octanol–water partition coefficient (Wildman–Crippen LogP) is 4.76. The van der Waals surface area contributed by atoms with Gasteiger partial charge in [0.05, 0.1) is 11.4 Å². The molecule has 0 aliphatic carbocycles. The van der Waals surface area contributed by atoms with Crippen LogP contribution in [0.25, 0.3) is 6.08 Å². The molecule has 2 rings (SSSR count). The molecule has 0 atom stereocenters. The van der Waals surface area contributed by atoms with Crippen LogP contribution in [0.5, 0.6) is 0 Å². The summed E-state index contributed by atoms with van der Waals surface area (Å²) in [6.07, 6.45) is 4.22. The number of benzene rings is 2. The molecular formula is C21H27N3. The first-order valence-corrected chi connectivity index (χ1v) is 8.24. The average molecular weight is 321 g/mol. The van der Waals surface area contributed by atoms with Crippen molar-refractivity contribution in [1.82, 2.24) is 4.90 Å². The molecule has 0 heterocycles. The van der Waals surface area contributed by atoms with E-state index in [4.69, 9.17) is 0 Å². The highest BCUT2D eigenvalue weighted by molar-refractivity contribution is 6.02. The minimum absolute atomic E-state index is 0.0729. The molecule has 2 aromatic rings. The molecular weight excluding hydrogens is 294 g/mol. The van der Waals surface area contributed by atoms with Crippen LogP contribution in [0.3, 0.4) is 0 Å². The van der Waals surface area contributed by atoms with E-state index in [0.717, 1.165) is 17.9 Å². The van der Waals surface area contributed by atoms with Crippen molar-refractivity contribution in [3.05, 3.63) is 72.3 Å². The minimum atomic E-state index is -0.0729. The number of hydrazone groups is 1. The molecule has 0 radical (unpaired) electrons. The molecule has 0 saturated heterocycles. The number of para-hydroxylation sites is 1. The summed E-state index contributed by atoms with van der Waals surface area (Å²) in [7, 11) is 4.18. The molecule has 0 amide bonds. The van der Waals surface area contributed by atoms with Gasteiger partial charge in [-0.25, -0.2) is 0 Å². The summed E-state index contributed by atoms with van der Waals surface area (Å²) in [6, 6.07) is 20.3. The number of rotatable bonds is 7. The van der Waals surface area contributed by atoms with Crippen LogP contribution in [0.4, 0.5) is 5.69 Å². The number of nitrogens with zero attached hydrogens (tertiary/aromatic N) is 2. The highest BCUT2D eigenvalue weighted by Crippen LogP contribution is 2.21. The van der Waals surface area contributed by atoms with Crippen LogP contribution in [0.2, 0.25) is 0 Å². The van der Waals surface area contributed by atoms with Crippen LogP contribution in [0, 0.1) is 5.41 Å². The van der Waals surface area contributed by atoms with Crippen LogP contribution in [-0.4, -0.2) is 31.3 Å². The molecule has 0 saturated carbocycles. The number of anilines is 1. The van der Waals surface area contributed by atoms with E-state index in [9.17, 15) is 0 Å². The third kappa shape index (κ3) is 5.67. The van der Waals surface area contributed by atoms with E-state index in [1.165, 1.54) is 5.56 Å². The largest absolute Gasteiger partial charge is 0.308 e. The van der Waals surface area contributed by atoms with Gasteiger partial charge in [0, 0.05) is 12.0 Å². The van der Waals surface area contributed by atoms with Crippen molar-refractivity contribution in [2.75, 3.05) is 26.1 Å². The molecule has 3 nitrogen and oxygen atoms in total. The Morgan fingerprint density at radius 3 is 2.17 bits per heavy atom. The predicted molar refractivity (Wildman–Crippen MR) is 105 cm³/mol. The number of hydrogen-bond donors (Lipinski definition) is 1. The quantitative estimate of drug-likeness (QED) is 0.588. The van der Waals surface area contributed by atoms with E-state index in [-0.39, 0.29) is 5.41 Å². The van der Waals surface area contributed by atoms with Crippen molar-refractivity contribution in [2.45, 2.75) is 13.8 Å². The zero-order valence-corrected chi connectivity index (χ0v) is 15.0. The first kappa shape index (κ1) is 18.0. The van der Waals surface area contributed by atoms with Gasteiger partial charge >= 0.3 is 0 Å². The maximum Gasteiger partial charge on any atom is 0.0676 e. The maximum absolute atomic E-state index is 4.69. The van der Waals surface area contributed by atoms with Crippen molar-refractivity contribution in [2.24, 2.45) is 10.5 Å². The highest BCUT2D eigenvalue weighted by Gasteiger charge is 2.24. The highest BCUT2D eigenvalue weighted by atomic mass is 15.3. The lowest BCUT2D eigenvalue weighted by atomic mass is 9.86. The smallest absolute Gasteiger partial charge is 0.0676 e. The average Bonchev–Trinajstić information content (AvgIpc) is 2.55. The lowest BCUT2D eigenvalue weighted by molar-refractivity contribution is 0.311. The summed E-state index contributed by atoms with van der Waals surface area (Å²) < 4.78 is 0. The molecule has 24 heavy (non-hydrogen) atoms. The van der Waals surface area contributed by atoms with E-state index in [2.05, 4.69) is 67.7 Å². The fourth-order valence-corrected chi connectivity index (χ4v) is 2.66. The fraction of sp³-hybridized carbons (Fsp3) is 0.286. The van der Waals surface area contributed by atoms with Crippen LogP contribution < -0.4 is 5.43 Å². The van der Waals surface area contributed by atoms with E-state index in [1.807, 2.05) is 48.5 Å². The molecule has 0 bridgehead atoms. The van der Waals surface area contributed by atoms with Crippen molar-refractivity contribution in [3.8, 4) is 0 Å². The second-order valence-corrected chi connectivity index (χ2v) is 6.84. The van der Waals surface area contributed by atoms with E-state index < -0.39 is 0 Å². The summed E-state index contributed by atoms with van der Waals surface area (Å²) in [5.41, 5.74) is 6.28. The van der Waals surface area contributed by atoms with Gasteiger partial charge < -0.3 is 4.90 Å². The molecule has 2 aromatic carbocycles. The van der Waals surface area contributed by atoms with Crippen molar-refractivity contribution >= 4 is 17.5 Å². The molecule has 0 unspecified atom stereocenters. The SMILES string of the molecule is CN(C)CC(C)(C)C(/C=C\c1ccccc1)=N\Nc1ccccc1. The normalized spacial score (nSPS) is 12.8. The van der Waals surface area contributed by atoms with Gasteiger partial charge in [0.1, 0.15) is 0 Å². The molecule has 1 N–H and O–H groups in total. The molecule has 0 fully saturated rings. The van der Waals surface area contributed by atoms with Crippen molar-refractivity contribution in [1.29, 1.82) is 0 Å². The zero-order chi connectivity index (χ0) is 17.4. The Bertz CT molecular complexity index is 671. The van der Waals surface area contributed by atoms with Crippen LogP contribution in [0.1, 0.15) is 19.4 Å². The molecule has 3 heteroatoms. The third-order valence-corrected chi connectivity index (χ3v) is 3.72. The van der Waals surface area contributed by atoms with Crippen LogP contribution in [0.15, 0.2) is 71.8 Å². The first-order chi connectivity index (χ1) is 11.5. The van der Waals surface area contributed by atoms with E-state index in [0.29, 0.717) is 0 Å².